The third-order valence-electron chi connectivity index (χ3n) is 3.97. The molecule has 2 aromatic rings. The fourth-order valence-electron chi connectivity index (χ4n) is 2.42. The molecular weight excluding hydrogens is 312 g/mol. The highest BCUT2D eigenvalue weighted by Crippen LogP contribution is 2.38. The predicted octanol–water partition coefficient (Wildman–Crippen LogP) is 3.36. The number of hydrogen-bond donors (Lipinski definition) is 0. The van der Waals surface area contributed by atoms with Crippen molar-refractivity contribution in [2.45, 2.75) is 56.5 Å². The van der Waals surface area contributed by atoms with Gasteiger partial charge in [0.2, 0.25) is 5.89 Å². The molecular formula is C17H22N2O3S. The van der Waals surface area contributed by atoms with Gasteiger partial charge in [-0.25, -0.2) is 8.42 Å². The van der Waals surface area contributed by atoms with Crippen LogP contribution in [-0.4, -0.2) is 18.6 Å². The zero-order valence-electron chi connectivity index (χ0n) is 13.7. The van der Waals surface area contributed by atoms with E-state index in [2.05, 4.69) is 30.9 Å². The quantitative estimate of drug-likeness (QED) is 0.838. The van der Waals surface area contributed by atoms with Crippen LogP contribution in [0.5, 0.6) is 0 Å². The van der Waals surface area contributed by atoms with Crippen molar-refractivity contribution in [3.8, 4) is 0 Å². The summed E-state index contributed by atoms with van der Waals surface area (Å²) < 4.78 is 29.8. The highest BCUT2D eigenvalue weighted by atomic mass is 32.2. The van der Waals surface area contributed by atoms with Crippen molar-refractivity contribution in [2.24, 2.45) is 0 Å². The van der Waals surface area contributed by atoms with E-state index in [1.165, 1.54) is 5.56 Å². The molecule has 0 amide bonds. The molecule has 0 unspecified atom stereocenters. The van der Waals surface area contributed by atoms with Crippen LogP contribution in [0.4, 0.5) is 0 Å². The van der Waals surface area contributed by atoms with Crippen molar-refractivity contribution in [3.63, 3.8) is 0 Å². The van der Waals surface area contributed by atoms with Crippen molar-refractivity contribution >= 4 is 9.84 Å². The summed E-state index contributed by atoms with van der Waals surface area (Å²) in [5.74, 6) is 0.987. The van der Waals surface area contributed by atoms with Crippen molar-refractivity contribution in [1.29, 1.82) is 0 Å². The molecule has 1 aromatic heterocycles. The van der Waals surface area contributed by atoms with Crippen LogP contribution < -0.4 is 0 Å². The Morgan fingerprint density at radius 3 is 2.35 bits per heavy atom. The highest BCUT2D eigenvalue weighted by molar-refractivity contribution is 7.89. The minimum Gasteiger partial charge on any atom is -0.339 e. The maximum absolute atomic E-state index is 12.3. The van der Waals surface area contributed by atoms with Gasteiger partial charge in [0, 0.05) is 5.92 Å². The average molecular weight is 334 g/mol. The molecule has 1 fully saturated rings. The first-order valence-electron chi connectivity index (χ1n) is 7.85. The van der Waals surface area contributed by atoms with Crippen LogP contribution in [-0.2, 0) is 26.8 Å². The lowest BCUT2D eigenvalue weighted by Gasteiger charge is -2.19. The van der Waals surface area contributed by atoms with Crippen molar-refractivity contribution < 1.29 is 12.9 Å². The minimum absolute atomic E-state index is 0.00920. The van der Waals surface area contributed by atoms with E-state index in [1.807, 2.05) is 24.3 Å². The number of hydrogen-bond acceptors (Lipinski definition) is 5. The van der Waals surface area contributed by atoms with Gasteiger partial charge in [0.25, 0.3) is 0 Å². The zero-order chi connectivity index (χ0) is 16.7. The van der Waals surface area contributed by atoms with Crippen LogP contribution in [0.3, 0.4) is 0 Å². The van der Waals surface area contributed by atoms with E-state index in [0.29, 0.717) is 11.8 Å². The van der Waals surface area contributed by atoms with Gasteiger partial charge < -0.3 is 4.52 Å². The van der Waals surface area contributed by atoms with Gasteiger partial charge >= 0.3 is 0 Å². The summed E-state index contributed by atoms with van der Waals surface area (Å²) in [6.07, 6.45) is 2.10. The lowest BCUT2D eigenvalue weighted by Crippen LogP contribution is -2.12. The van der Waals surface area contributed by atoms with Gasteiger partial charge in [-0.1, -0.05) is 50.2 Å². The first-order chi connectivity index (χ1) is 10.7. The minimum atomic E-state index is -3.31. The van der Waals surface area contributed by atoms with Crippen LogP contribution in [0.2, 0.25) is 0 Å². The third kappa shape index (κ3) is 4.19. The van der Waals surface area contributed by atoms with Crippen molar-refractivity contribution in [3.05, 3.63) is 47.1 Å². The largest absolute Gasteiger partial charge is 0.339 e. The maximum atomic E-state index is 12.3. The molecule has 3 rings (SSSR count). The van der Waals surface area contributed by atoms with E-state index in [1.54, 1.807) is 0 Å². The SMILES string of the molecule is CC(C)(C)c1ccc(CS(=O)(=O)Cc2noc(C3CC3)n2)cc1. The van der Waals surface area contributed by atoms with E-state index in [-0.39, 0.29) is 22.7 Å². The van der Waals surface area contributed by atoms with Gasteiger partial charge in [-0.3, -0.25) is 0 Å². The van der Waals surface area contributed by atoms with Gasteiger partial charge in [0.05, 0.1) is 5.75 Å². The number of nitrogens with zero attached hydrogens (tertiary/aromatic N) is 2. The van der Waals surface area contributed by atoms with Crippen molar-refractivity contribution in [2.75, 3.05) is 0 Å². The lowest BCUT2D eigenvalue weighted by molar-refractivity contribution is 0.375. The molecule has 0 bridgehead atoms. The second kappa shape index (κ2) is 5.74. The Labute approximate surface area is 137 Å². The second-order valence-corrected chi connectivity index (χ2v) is 9.37. The van der Waals surface area contributed by atoms with E-state index in [4.69, 9.17) is 4.52 Å². The molecule has 1 aliphatic rings. The molecule has 0 N–H and O–H groups in total. The number of aromatic nitrogens is 2. The molecule has 1 aromatic carbocycles. The molecule has 0 aliphatic heterocycles. The fourth-order valence-corrected chi connectivity index (χ4v) is 3.74. The van der Waals surface area contributed by atoms with Gasteiger partial charge in [-0.05, 0) is 29.4 Å². The Balaban J connectivity index is 1.67. The molecule has 0 radical (unpaired) electrons. The molecule has 124 valence electrons. The Hall–Kier alpha value is -1.69. The van der Waals surface area contributed by atoms with E-state index in [9.17, 15) is 8.42 Å². The molecule has 5 nitrogen and oxygen atoms in total. The first-order valence-corrected chi connectivity index (χ1v) is 9.67. The van der Waals surface area contributed by atoms with Gasteiger partial charge in [-0.2, -0.15) is 4.98 Å². The Morgan fingerprint density at radius 1 is 1.13 bits per heavy atom. The van der Waals surface area contributed by atoms with Crippen LogP contribution in [0.25, 0.3) is 0 Å². The van der Waals surface area contributed by atoms with Gasteiger partial charge in [0.1, 0.15) is 5.75 Å². The zero-order valence-corrected chi connectivity index (χ0v) is 14.6. The second-order valence-electron chi connectivity index (χ2n) is 7.30. The topological polar surface area (TPSA) is 73.1 Å². The molecule has 0 atom stereocenters. The standard InChI is InChI=1S/C17H22N2O3S/c1-17(2,3)14-8-4-12(5-9-14)10-23(20,21)11-15-18-16(22-19-15)13-6-7-13/h4-5,8-9,13H,6-7,10-11H2,1-3H3. The molecule has 1 saturated carbocycles. The summed E-state index contributed by atoms with van der Waals surface area (Å²) in [6.45, 7) is 6.39. The normalized spacial score (nSPS) is 15.8. The summed E-state index contributed by atoms with van der Waals surface area (Å²) in [4.78, 5) is 4.19. The number of sulfone groups is 1. The Morgan fingerprint density at radius 2 is 1.78 bits per heavy atom. The summed E-state index contributed by atoms with van der Waals surface area (Å²) in [5.41, 5.74) is 2.02. The Bertz CT molecular complexity index is 782. The molecule has 23 heavy (non-hydrogen) atoms. The predicted molar refractivity (Wildman–Crippen MR) is 87.7 cm³/mol. The molecule has 1 heterocycles. The Kier molecular flexibility index (Phi) is 4.04. The van der Waals surface area contributed by atoms with Crippen LogP contribution in [0.15, 0.2) is 28.8 Å². The smallest absolute Gasteiger partial charge is 0.229 e. The van der Waals surface area contributed by atoms with Crippen LogP contribution in [0.1, 0.15) is 62.4 Å². The summed E-state index contributed by atoms with van der Waals surface area (Å²) in [5, 5.41) is 3.79. The molecule has 0 spiro atoms. The average Bonchev–Trinajstić information content (AvgIpc) is 3.19. The summed E-state index contributed by atoms with van der Waals surface area (Å²) >= 11 is 0. The molecule has 6 heteroatoms. The van der Waals surface area contributed by atoms with E-state index >= 15 is 0 Å². The van der Waals surface area contributed by atoms with Crippen LogP contribution in [0, 0.1) is 0 Å². The third-order valence-corrected chi connectivity index (χ3v) is 5.44. The van der Waals surface area contributed by atoms with Gasteiger partial charge in [0.15, 0.2) is 15.7 Å². The monoisotopic (exact) mass is 334 g/mol. The maximum Gasteiger partial charge on any atom is 0.229 e. The van der Waals surface area contributed by atoms with Gasteiger partial charge in [-0.15, -0.1) is 0 Å². The summed E-state index contributed by atoms with van der Waals surface area (Å²) in [6, 6.07) is 7.74. The fraction of sp³-hybridized carbons (Fsp3) is 0.529. The number of benzene rings is 1. The highest BCUT2D eigenvalue weighted by Gasteiger charge is 2.30. The summed E-state index contributed by atoms with van der Waals surface area (Å²) in [7, 11) is -3.31. The van der Waals surface area contributed by atoms with Crippen LogP contribution >= 0.6 is 0 Å². The molecule has 1 aliphatic carbocycles. The van der Waals surface area contributed by atoms with E-state index in [0.717, 1.165) is 18.4 Å². The number of rotatable bonds is 5. The molecule has 0 saturated heterocycles. The lowest BCUT2D eigenvalue weighted by atomic mass is 9.87. The van der Waals surface area contributed by atoms with Crippen molar-refractivity contribution in [1.82, 2.24) is 10.1 Å². The van der Waals surface area contributed by atoms with E-state index < -0.39 is 9.84 Å². The first kappa shape index (κ1) is 16.2.